The van der Waals surface area contributed by atoms with Crippen molar-refractivity contribution < 1.29 is 14.4 Å². The first-order chi connectivity index (χ1) is 11.9. The van der Waals surface area contributed by atoms with Crippen LogP contribution in [0.1, 0.15) is 36.2 Å². The number of carbonyl (C=O) groups excluding carboxylic acids is 3. The Kier molecular flexibility index (Phi) is 4.51. The Bertz CT molecular complexity index is 701. The van der Waals surface area contributed by atoms with Crippen molar-refractivity contribution in [2.45, 2.75) is 38.4 Å². The lowest BCUT2D eigenvalue weighted by molar-refractivity contribution is -0.132. The summed E-state index contributed by atoms with van der Waals surface area (Å²) in [6, 6.07) is 7.00. The van der Waals surface area contributed by atoms with E-state index in [4.69, 9.17) is 0 Å². The van der Waals surface area contributed by atoms with Crippen molar-refractivity contribution in [2.75, 3.05) is 20.1 Å². The molecule has 1 spiro atoms. The summed E-state index contributed by atoms with van der Waals surface area (Å²) >= 11 is 0. The lowest BCUT2D eigenvalue weighted by Crippen LogP contribution is -2.49. The maximum atomic E-state index is 12.7. The molecule has 0 unspecified atom stereocenters. The third-order valence-electron chi connectivity index (χ3n) is 4.91. The number of amides is 4. The number of nitrogens with zero attached hydrogens (tertiary/aromatic N) is 2. The molecule has 1 aromatic carbocycles. The van der Waals surface area contributed by atoms with Crippen LogP contribution in [0.3, 0.4) is 0 Å². The molecule has 0 aliphatic carbocycles. The number of carbonyl (C=O) groups is 3. The predicted octanol–water partition coefficient (Wildman–Crippen LogP) is 0.951. The van der Waals surface area contributed by atoms with Crippen molar-refractivity contribution in [3.8, 4) is 0 Å². The Balaban J connectivity index is 1.67. The van der Waals surface area contributed by atoms with Crippen LogP contribution in [0.2, 0.25) is 0 Å². The van der Waals surface area contributed by atoms with E-state index < -0.39 is 5.54 Å². The highest BCUT2D eigenvalue weighted by atomic mass is 16.2. The first-order valence-corrected chi connectivity index (χ1v) is 8.55. The van der Waals surface area contributed by atoms with Crippen LogP contribution >= 0.6 is 0 Å². The fourth-order valence-corrected chi connectivity index (χ4v) is 3.57. The first-order valence-electron chi connectivity index (χ1n) is 8.55. The van der Waals surface area contributed by atoms with Crippen LogP contribution in [-0.4, -0.2) is 59.4 Å². The highest BCUT2D eigenvalue weighted by Gasteiger charge is 2.55. The van der Waals surface area contributed by atoms with Gasteiger partial charge in [0.25, 0.3) is 11.8 Å². The molecular weight excluding hydrogens is 320 g/mol. The van der Waals surface area contributed by atoms with E-state index in [1.807, 2.05) is 26.0 Å². The van der Waals surface area contributed by atoms with E-state index >= 15 is 0 Å². The van der Waals surface area contributed by atoms with Crippen LogP contribution < -0.4 is 10.6 Å². The van der Waals surface area contributed by atoms with Crippen LogP contribution in [0.5, 0.6) is 0 Å². The van der Waals surface area contributed by atoms with Crippen molar-refractivity contribution in [1.29, 1.82) is 0 Å². The minimum absolute atomic E-state index is 0.111. The van der Waals surface area contributed by atoms with Gasteiger partial charge in [-0.05, 0) is 38.0 Å². The lowest BCUT2D eigenvalue weighted by Gasteiger charge is -2.23. The van der Waals surface area contributed by atoms with Gasteiger partial charge < -0.3 is 10.6 Å². The summed E-state index contributed by atoms with van der Waals surface area (Å²) in [5, 5.41) is 5.50. The second-order valence-corrected chi connectivity index (χ2v) is 7.02. The van der Waals surface area contributed by atoms with Crippen molar-refractivity contribution in [1.82, 2.24) is 20.4 Å². The molecule has 0 bridgehead atoms. The molecule has 0 radical (unpaired) electrons. The molecule has 0 aromatic heterocycles. The van der Waals surface area contributed by atoms with Crippen LogP contribution in [-0.2, 0) is 11.3 Å². The van der Waals surface area contributed by atoms with Crippen LogP contribution in [0.15, 0.2) is 24.3 Å². The van der Waals surface area contributed by atoms with Gasteiger partial charge in [0, 0.05) is 38.3 Å². The van der Waals surface area contributed by atoms with Crippen LogP contribution in [0.4, 0.5) is 4.79 Å². The first kappa shape index (κ1) is 17.4. The molecule has 1 atom stereocenters. The summed E-state index contributed by atoms with van der Waals surface area (Å²) in [5.41, 5.74) is 0.903. The number of urea groups is 1. The van der Waals surface area contributed by atoms with Crippen LogP contribution in [0, 0.1) is 0 Å². The Morgan fingerprint density at radius 3 is 2.52 bits per heavy atom. The number of hydrogen-bond acceptors (Lipinski definition) is 4. The van der Waals surface area contributed by atoms with E-state index in [0.29, 0.717) is 25.1 Å². The van der Waals surface area contributed by atoms with Crippen molar-refractivity contribution in [2.24, 2.45) is 0 Å². The van der Waals surface area contributed by atoms with Crippen molar-refractivity contribution >= 4 is 17.8 Å². The molecule has 25 heavy (non-hydrogen) atoms. The van der Waals surface area contributed by atoms with Crippen LogP contribution in [0.25, 0.3) is 0 Å². The molecular formula is C18H24N4O3. The molecule has 2 aliphatic rings. The smallest absolute Gasteiger partial charge is 0.325 e. The maximum Gasteiger partial charge on any atom is 0.325 e. The third-order valence-corrected chi connectivity index (χ3v) is 4.91. The van der Waals surface area contributed by atoms with Gasteiger partial charge in [0.15, 0.2) is 0 Å². The zero-order chi connectivity index (χ0) is 18.2. The van der Waals surface area contributed by atoms with Gasteiger partial charge in [-0.25, -0.2) is 4.79 Å². The Morgan fingerprint density at radius 2 is 1.96 bits per heavy atom. The van der Waals surface area contributed by atoms with Gasteiger partial charge in [-0.2, -0.15) is 0 Å². The highest BCUT2D eigenvalue weighted by Crippen LogP contribution is 2.30. The molecule has 2 fully saturated rings. The molecule has 0 saturated carbocycles. The molecule has 134 valence electrons. The number of nitrogens with one attached hydrogen (secondary N) is 2. The molecule has 1 aromatic rings. The summed E-state index contributed by atoms with van der Waals surface area (Å²) in [6.07, 6.45) is 0.622. The van der Waals surface area contributed by atoms with Crippen molar-refractivity contribution in [3.05, 3.63) is 35.4 Å². The summed E-state index contributed by atoms with van der Waals surface area (Å²) in [6.45, 7) is 5.63. The van der Waals surface area contributed by atoms with E-state index in [-0.39, 0.29) is 23.9 Å². The second-order valence-electron chi connectivity index (χ2n) is 7.02. The average Bonchev–Trinajstić information content (AvgIpc) is 3.08. The molecule has 7 heteroatoms. The summed E-state index contributed by atoms with van der Waals surface area (Å²) in [5.74, 6) is -0.232. The summed E-state index contributed by atoms with van der Waals surface area (Å²) in [7, 11) is 1.60. The normalized spacial score (nSPS) is 23.6. The lowest BCUT2D eigenvalue weighted by atomic mass is 9.98. The third kappa shape index (κ3) is 3.11. The Labute approximate surface area is 147 Å². The average molecular weight is 344 g/mol. The van der Waals surface area contributed by atoms with Gasteiger partial charge >= 0.3 is 6.03 Å². The monoisotopic (exact) mass is 344 g/mol. The van der Waals surface area contributed by atoms with Gasteiger partial charge in [0.05, 0.1) is 0 Å². The fourth-order valence-electron chi connectivity index (χ4n) is 3.57. The fraction of sp³-hybridized carbons (Fsp3) is 0.500. The zero-order valence-corrected chi connectivity index (χ0v) is 14.8. The minimum Gasteiger partial charge on any atom is -0.355 e. The summed E-state index contributed by atoms with van der Waals surface area (Å²) < 4.78 is 0. The molecule has 4 amide bonds. The second kappa shape index (κ2) is 6.48. The van der Waals surface area contributed by atoms with E-state index in [2.05, 4.69) is 15.5 Å². The molecule has 2 N–H and O–H groups in total. The molecule has 2 saturated heterocycles. The largest absolute Gasteiger partial charge is 0.355 e. The quantitative estimate of drug-likeness (QED) is 0.797. The van der Waals surface area contributed by atoms with Crippen molar-refractivity contribution in [3.63, 3.8) is 0 Å². The van der Waals surface area contributed by atoms with Gasteiger partial charge in [0.2, 0.25) is 0 Å². The van der Waals surface area contributed by atoms with E-state index in [9.17, 15) is 14.4 Å². The van der Waals surface area contributed by atoms with E-state index in [0.717, 1.165) is 12.1 Å². The number of imide groups is 1. The Morgan fingerprint density at radius 1 is 1.28 bits per heavy atom. The summed E-state index contributed by atoms with van der Waals surface area (Å²) in [4.78, 5) is 39.9. The maximum absolute atomic E-state index is 12.7. The highest BCUT2D eigenvalue weighted by molar-refractivity contribution is 6.07. The Hall–Kier alpha value is -2.41. The SMILES string of the molecule is CNC(=O)c1ccc(CN2CC[C@@]3(C2)NC(=O)N(C(C)C)C3=O)cc1. The number of likely N-dealkylation sites (tertiary alicyclic amines) is 1. The van der Waals surface area contributed by atoms with E-state index in [1.165, 1.54) is 4.90 Å². The predicted molar refractivity (Wildman–Crippen MR) is 93.0 cm³/mol. The molecule has 2 aliphatic heterocycles. The molecule has 7 nitrogen and oxygen atoms in total. The minimum atomic E-state index is -0.788. The zero-order valence-electron chi connectivity index (χ0n) is 14.8. The van der Waals surface area contributed by atoms with Gasteiger partial charge in [-0.1, -0.05) is 12.1 Å². The number of rotatable bonds is 4. The standard InChI is InChI=1S/C18H24N4O3/c1-12(2)22-16(24)18(20-17(22)25)8-9-21(11-18)10-13-4-6-14(7-5-13)15(23)19-3/h4-7,12H,8-11H2,1-3H3,(H,19,23)(H,20,25)/t18-/m0/s1. The number of benzene rings is 1. The molecule has 3 rings (SSSR count). The number of hydrogen-bond donors (Lipinski definition) is 2. The molecule has 2 heterocycles. The van der Waals surface area contributed by atoms with Gasteiger partial charge in [-0.15, -0.1) is 0 Å². The van der Waals surface area contributed by atoms with E-state index in [1.54, 1.807) is 19.2 Å². The topological polar surface area (TPSA) is 81.8 Å². The van der Waals surface area contributed by atoms with Gasteiger partial charge in [0.1, 0.15) is 5.54 Å². The van der Waals surface area contributed by atoms with Gasteiger partial charge in [-0.3, -0.25) is 19.4 Å².